The van der Waals surface area contributed by atoms with Crippen molar-refractivity contribution in [2.75, 3.05) is 26.2 Å². The number of benzene rings is 1. The highest BCUT2D eigenvalue weighted by atomic mass is 19.3. The van der Waals surface area contributed by atoms with Gasteiger partial charge in [0.25, 0.3) is 0 Å². The van der Waals surface area contributed by atoms with Gasteiger partial charge in [-0.1, -0.05) is 12.1 Å². The summed E-state index contributed by atoms with van der Waals surface area (Å²) in [6, 6.07) is 6.72. The van der Waals surface area contributed by atoms with Crippen molar-refractivity contribution in [1.29, 1.82) is 0 Å². The highest BCUT2D eigenvalue weighted by Gasteiger charge is 2.28. The number of hydrogen-bond acceptors (Lipinski definition) is 3. The van der Waals surface area contributed by atoms with Crippen molar-refractivity contribution in [2.45, 2.75) is 26.4 Å². The average molecular weight is 322 g/mol. The predicted octanol–water partition coefficient (Wildman–Crippen LogP) is 2.66. The van der Waals surface area contributed by atoms with E-state index in [-0.39, 0.29) is 11.9 Å². The van der Waals surface area contributed by atoms with Crippen molar-refractivity contribution in [3.05, 3.63) is 30.1 Å². The Bertz CT molecular complexity index is 707. The zero-order chi connectivity index (χ0) is 16.6. The minimum absolute atomic E-state index is 0.0529. The van der Waals surface area contributed by atoms with Crippen LogP contribution < -0.4 is 0 Å². The predicted molar refractivity (Wildman–Crippen MR) is 83.2 cm³/mol. The first-order valence-electron chi connectivity index (χ1n) is 7.73. The Labute approximate surface area is 133 Å². The van der Waals surface area contributed by atoms with Crippen LogP contribution in [0.15, 0.2) is 24.3 Å². The first kappa shape index (κ1) is 15.9. The maximum Gasteiger partial charge on any atom is 0.320 e. The summed E-state index contributed by atoms with van der Waals surface area (Å²) in [7, 11) is 0. The number of imidazole rings is 1. The van der Waals surface area contributed by atoms with Gasteiger partial charge >= 0.3 is 6.55 Å². The lowest BCUT2D eigenvalue weighted by Gasteiger charge is -2.37. The van der Waals surface area contributed by atoms with Crippen molar-refractivity contribution >= 4 is 16.9 Å². The first-order chi connectivity index (χ1) is 11.0. The molecular weight excluding hydrogens is 302 g/mol. The second-order valence-electron chi connectivity index (χ2n) is 5.82. The molecule has 1 fully saturated rings. The molecule has 1 unspecified atom stereocenters. The Morgan fingerprint density at radius 1 is 1.17 bits per heavy atom. The number of piperazine rings is 1. The van der Waals surface area contributed by atoms with Crippen molar-refractivity contribution in [1.82, 2.24) is 19.4 Å². The number of carbonyl (C=O) groups excluding carboxylic acids is 1. The van der Waals surface area contributed by atoms with Crippen LogP contribution in [0, 0.1) is 0 Å². The molecule has 1 aliphatic rings. The molecule has 1 aromatic heterocycles. The molecule has 1 aromatic carbocycles. The van der Waals surface area contributed by atoms with Crippen molar-refractivity contribution < 1.29 is 13.6 Å². The summed E-state index contributed by atoms with van der Waals surface area (Å²) in [4.78, 5) is 19.7. The monoisotopic (exact) mass is 322 g/mol. The molecule has 0 spiro atoms. The molecule has 1 amide bonds. The summed E-state index contributed by atoms with van der Waals surface area (Å²) in [6.07, 6.45) is 0. The van der Waals surface area contributed by atoms with Gasteiger partial charge in [0.15, 0.2) is 0 Å². The fraction of sp³-hybridized carbons (Fsp3) is 0.500. The molecule has 2 heterocycles. The summed E-state index contributed by atoms with van der Waals surface area (Å²) in [5, 5.41) is 0. The summed E-state index contributed by atoms with van der Waals surface area (Å²) in [5.41, 5.74) is 1.03. The third kappa shape index (κ3) is 2.93. The SMILES string of the molecule is CC(=O)N1CCN(C(C)c2nc3ccccc3n2C(F)F)CC1. The summed E-state index contributed by atoms with van der Waals surface area (Å²) < 4.78 is 28.1. The molecule has 23 heavy (non-hydrogen) atoms. The van der Waals surface area contributed by atoms with Crippen LogP contribution in [0.3, 0.4) is 0 Å². The van der Waals surface area contributed by atoms with Crippen molar-refractivity contribution in [2.24, 2.45) is 0 Å². The molecule has 2 aromatic rings. The van der Waals surface area contributed by atoms with E-state index in [0.717, 1.165) is 4.57 Å². The van der Waals surface area contributed by atoms with E-state index in [1.807, 2.05) is 6.92 Å². The van der Waals surface area contributed by atoms with Crippen LogP contribution in [0.2, 0.25) is 0 Å². The van der Waals surface area contributed by atoms with Gasteiger partial charge in [-0.05, 0) is 19.1 Å². The van der Waals surface area contributed by atoms with Crippen LogP contribution >= 0.6 is 0 Å². The molecule has 0 radical (unpaired) electrons. The number of fused-ring (bicyclic) bond motifs is 1. The van der Waals surface area contributed by atoms with Gasteiger partial charge < -0.3 is 4.90 Å². The smallest absolute Gasteiger partial charge is 0.320 e. The summed E-state index contributed by atoms with van der Waals surface area (Å²) in [6.45, 7) is 3.38. The number of rotatable bonds is 3. The largest absolute Gasteiger partial charge is 0.340 e. The lowest BCUT2D eigenvalue weighted by molar-refractivity contribution is -0.130. The first-order valence-corrected chi connectivity index (χ1v) is 7.73. The van der Waals surface area contributed by atoms with Crippen LogP contribution in [0.4, 0.5) is 8.78 Å². The molecule has 1 atom stereocenters. The number of para-hydroxylation sites is 2. The molecule has 3 rings (SSSR count). The molecule has 7 heteroatoms. The minimum atomic E-state index is -2.63. The van der Waals surface area contributed by atoms with E-state index >= 15 is 0 Å². The van der Waals surface area contributed by atoms with E-state index in [9.17, 15) is 13.6 Å². The van der Waals surface area contributed by atoms with E-state index < -0.39 is 6.55 Å². The Kier molecular flexibility index (Phi) is 4.30. The van der Waals surface area contributed by atoms with Crippen LogP contribution in [0.5, 0.6) is 0 Å². The third-order valence-corrected chi connectivity index (χ3v) is 4.50. The van der Waals surface area contributed by atoms with E-state index in [1.165, 1.54) is 0 Å². The van der Waals surface area contributed by atoms with Gasteiger partial charge in [-0.15, -0.1) is 0 Å². The van der Waals surface area contributed by atoms with E-state index in [2.05, 4.69) is 9.88 Å². The fourth-order valence-electron chi connectivity index (χ4n) is 3.15. The van der Waals surface area contributed by atoms with Crippen molar-refractivity contribution in [3.63, 3.8) is 0 Å². The Balaban J connectivity index is 1.88. The maximum absolute atomic E-state index is 13.5. The number of halogens is 2. The Hall–Kier alpha value is -2.02. The highest BCUT2D eigenvalue weighted by molar-refractivity contribution is 5.76. The number of nitrogens with zero attached hydrogens (tertiary/aromatic N) is 4. The summed E-state index contributed by atoms with van der Waals surface area (Å²) in [5.74, 6) is 0.426. The van der Waals surface area contributed by atoms with E-state index in [0.29, 0.717) is 43.0 Å². The number of amides is 1. The standard InChI is InChI=1S/C16H20F2N4O/c1-11(20-7-9-21(10-8-20)12(2)23)15-19-13-5-3-4-6-14(13)22(15)16(17)18/h3-6,11,16H,7-10H2,1-2H3. The lowest BCUT2D eigenvalue weighted by atomic mass is 10.2. The molecule has 0 N–H and O–H groups in total. The second-order valence-corrected chi connectivity index (χ2v) is 5.82. The van der Waals surface area contributed by atoms with Gasteiger partial charge in [0.2, 0.25) is 5.91 Å². The van der Waals surface area contributed by atoms with Crippen LogP contribution in [-0.4, -0.2) is 51.4 Å². The fourth-order valence-corrected chi connectivity index (χ4v) is 3.15. The second kappa shape index (κ2) is 6.23. The normalized spacial score (nSPS) is 17.9. The van der Waals surface area contributed by atoms with Gasteiger partial charge in [-0.25, -0.2) is 4.98 Å². The number of alkyl halides is 2. The number of carbonyl (C=O) groups is 1. The third-order valence-electron chi connectivity index (χ3n) is 4.50. The zero-order valence-corrected chi connectivity index (χ0v) is 13.2. The van der Waals surface area contributed by atoms with Gasteiger partial charge in [0.05, 0.1) is 17.1 Å². The quantitative estimate of drug-likeness (QED) is 0.872. The van der Waals surface area contributed by atoms with Crippen LogP contribution in [0.25, 0.3) is 11.0 Å². The van der Waals surface area contributed by atoms with E-state index in [1.54, 1.807) is 36.1 Å². The molecule has 0 bridgehead atoms. The van der Waals surface area contributed by atoms with Gasteiger partial charge in [0, 0.05) is 33.1 Å². The molecule has 0 aliphatic carbocycles. The molecular formula is C16H20F2N4O. The van der Waals surface area contributed by atoms with Gasteiger partial charge in [-0.2, -0.15) is 8.78 Å². The number of aromatic nitrogens is 2. The van der Waals surface area contributed by atoms with Crippen LogP contribution in [-0.2, 0) is 4.79 Å². The topological polar surface area (TPSA) is 41.4 Å². The molecule has 124 valence electrons. The maximum atomic E-state index is 13.5. The minimum Gasteiger partial charge on any atom is -0.340 e. The van der Waals surface area contributed by atoms with E-state index in [4.69, 9.17) is 0 Å². The molecule has 5 nitrogen and oxygen atoms in total. The summed E-state index contributed by atoms with van der Waals surface area (Å²) >= 11 is 0. The molecule has 0 saturated carbocycles. The Morgan fingerprint density at radius 2 is 1.83 bits per heavy atom. The highest BCUT2D eigenvalue weighted by Crippen LogP contribution is 2.29. The zero-order valence-electron chi connectivity index (χ0n) is 13.2. The Morgan fingerprint density at radius 3 is 2.43 bits per heavy atom. The van der Waals surface area contributed by atoms with Gasteiger partial charge in [0.1, 0.15) is 5.82 Å². The molecule has 1 saturated heterocycles. The lowest BCUT2D eigenvalue weighted by Crippen LogP contribution is -2.49. The van der Waals surface area contributed by atoms with Crippen molar-refractivity contribution in [3.8, 4) is 0 Å². The number of hydrogen-bond donors (Lipinski definition) is 0. The van der Waals surface area contributed by atoms with Crippen LogP contribution in [0.1, 0.15) is 32.3 Å². The average Bonchev–Trinajstić information content (AvgIpc) is 2.93. The van der Waals surface area contributed by atoms with Gasteiger partial charge in [-0.3, -0.25) is 14.3 Å². The molecule has 1 aliphatic heterocycles.